The molecule has 0 atom stereocenters. The molecule has 0 spiro atoms. The lowest BCUT2D eigenvalue weighted by Crippen LogP contribution is -2.43. The molecule has 37 heavy (non-hydrogen) atoms. The van der Waals surface area contributed by atoms with Gasteiger partial charge in [0.25, 0.3) is 11.5 Å². The number of hydrogen-bond acceptors (Lipinski definition) is 8. The van der Waals surface area contributed by atoms with Crippen LogP contribution in [0.1, 0.15) is 24.7 Å². The molecule has 0 aliphatic carbocycles. The molecular formula is C24H23Br2N5O6. The van der Waals surface area contributed by atoms with Gasteiger partial charge in [-0.25, -0.2) is 4.98 Å². The smallest absolute Gasteiger partial charge is 0.312 e. The largest absolute Gasteiger partial charge is 0.476 e. The van der Waals surface area contributed by atoms with Gasteiger partial charge in [0, 0.05) is 40.1 Å². The van der Waals surface area contributed by atoms with E-state index in [9.17, 15) is 19.7 Å². The van der Waals surface area contributed by atoms with Crippen LogP contribution in [0.15, 0.2) is 49.2 Å². The van der Waals surface area contributed by atoms with Gasteiger partial charge in [0.15, 0.2) is 6.61 Å². The topological polar surface area (TPSA) is 129 Å². The normalized spacial score (nSPS) is 13.9. The van der Waals surface area contributed by atoms with Crippen LogP contribution >= 0.6 is 31.9 Å². The molecule has 0 radical (unpaired) electrons. The number of nitrogens with zero attached hydrogens (tertiary/aromatic N) is 5. The van der Waals surface area contributed by atoms with Gasteiger partial charge >= 0.3 is 5.69 Å². The van der Waals surface area contributed by atoms with E-state index < -0.39 is 11.5 Å². The fourth-order valence-electron chi connectivity index (χ4n) is 3.85. The lowest BCUT2D eigenvalue weighted by atomic mass is 10.2. The van der Waals surface area contributed by atoms with Crippen LogP contribution in [0.3, 0.4) is 0 Å². The standard InChI is InChI=1S/C24H23Br2N5O6/c1-2-3-21-28-19-5-4-16(25)11-18(19)24(33)30(21)27-13-15-10-17(26)12-20(31(34)35)23(15)37-14-22(32)29-6-8-36-9-7-29/h4-5,10-13H,2-3,6-9,14H2,1H3. The monoisotopic (exact) mass is 635 g/mol. The van der Waals surface area contributed by atoms with Crippen molar-refractivity contribution in [2.45, 2.75) is 19.8 Å². The number of aromatic nitrogens is 2. The van der Waals surface area contributed by atoms with Crippen molar-refractivity contribution in [3.8, 4) is 5.75 Å². The van der Waals surface area contributed by atoms with Crippen LogP contribution in [0.4, 0.5) is 5.69 Å². The van der Waals surface area contributed by atoms with Gasteiger partial charge < -0.3 is 14.4 Å². The third-order valence-electron chi connectivity index (χ3n) is 5.62. The van der Waals surface area contributed by atoms with Crippen molar-refractivity contribution in [3.63, 3.8) is 0 Å². The molecule has 4 rings (SSSR count). The number of nitro benzene ring substituents is 1. The second-order valence-corrected chi connectivity index (χ2v) is 10.0. The Morgan fingerprint density at radius 3 is 2.70 bits per heavy atom. The Balaban J connectivity index is 1.74. The number of hydrogen-bond donors (Lipinski definition) is 0. The Kier molecular flexibility index (Phi) is 8.67. The number of benzene rings is 2. The predicted octanol–water partition coefficient (Wildman–Crippen LogP) is 3.90. The number of carbonyl (C=O) groups is 1. The summed E-state index contributed by atoms with van der Waals surface area (Å²) in [4.78, 5) is 43.3. The van der Waals surface area contributed by atoms with Crippen molar-refractivity contribution in [2.24, 2.45) is 5.10 Å². The van der Waals surface area contributed by atoms with Gasteiger partial charge in [-0.2, -0.15) is 9.78 Å². The third kappa shape index (κ3) is 6.22. The van der Waals surface area contributed by atoms with E-state index in [0.29, 0.717) is 53.9 Å². The fraction of sp³-hybridized carbons (Fsp3) is 0.333. The Hall–Kier alpha value is -3.16. The average Bonchev–Trinajstić information content (AvgIpc) is 2.88. The summed E-state index contributed by atoms with van der Waals surface area (Å²) in [6.07, 6.45) is 2.53. The van der Waals surface area contributed by atoms with Crippen molar-refractivity contribution in [1.82, 2.24) is 14.6 Å². The molecule has 2 aromatic carbocycles. The van der Waals surface area contributed by atoms with Crippen molar-refractivity contribution < 1.29 is 19.2 Å². The van der Waals surface area contributed by atoms with Crippen LogP contribution in [0.2, 0.25) is 0 Å². The molecule has 1 aliphatic heterocycles. The molecule has 3 aromatic rings. The maximum atomic E-state index is 13.3. The quantitative estimate of drug-likeness (QED) is 0.208. The van der Waals surface area contributed by atoms with Crippen LogP contribution < -0.4 is 10.3 Å². The number of ether oxygens (including phenoxy) is 2. The first-order chi connectivity index (χ1) is 17.8. The summed E-state index contributed by atoms with van der Waals surface area (Å²) in [5.41, 5.74) is 0.0548. The van der Waals surface area contributed by atoms with E-state index in [2.05, 4.69) is 41.9 Å². The van der Waals surface area contributed by atoms with Crippen LogP contribution in [0, 0.1) is 10.1 Å². The molecule has 2 heterocycles. The third-order valence-corrected chi connectivity index (χ3v) is 6.58. The molecular weight excluding hydrogens is 614 g/mol. The molecule has 1 amide bonds. The minimum Gasteiger partial charge on any atom is -0.476 e. The van der Waals surface area contributed by atoms with E-state index >= 15 is 0 Å². The zero-order valence-electron chi connectivity index (χ0n) is 19.9. The maximum absolute atomic E-state index is 13.3. The highest BCUT2D eigenvalue weighted by Gasteiger charge is 2.24. The van der Waals surface area contributed by atoms with Crippen LogP contribution in [0.5, 0.6) is 5.75 Å². The lowest BCUT2D eigenvalue weighted by molar-refractivity contribution is -0.385. The molecule has 1 saturated heterocycles. The zero-order chi connectivity index (χ0) is 26.5. The number of morpholine rings is 1. The number of amides is 1. The molecule has 1 aromatic heterocycles. The summed E-state index contributed by atoms with van der Waals surface area (Å²) in [5, 5.41) is 16.5. The van der Waals surface area contributed by atoms with Gasteiger partial charge in [0.1, 0.15) is 5.82 Å². The molecule has 1 aliphatic rings. The van der Waals surface area contributed by atoms with Gasteiger partial charge in [-0.15, -0.1) is 0 Å². The van der Waals surface area contributed by atoms with Gasteiger partial charge in [-0.05, 0) is 30.7 Å². The highest BCUT2D eigenvalue weighted by molar-refractivity contribution is 9.10. The van der Waals surface area contributed by atoms with E-state index in [1.165, 1.54) is 17.0 Å². The van der Waals surface area contributed by atoms with E-state index in [-0.39, 0.29) is 28.5 Å². The maximum Gasteiger partial charge on any atom is 0.312 e. The minimum atomic E-state index is -0.597. The van der Waals surface area contributed by atoms with Crippen molar-refractivity contribution in [2.75, 3.05) is 32.9 Å². The Labute approximate surface area is 228 Å². The fourth-order valence-corrected chi connectivity index (χ4v) is 4.67. The Bertz CT molecular complexity index is 1440. The first-order valence-corrected chi connectivity index (χ1v) is 13.1. The number of aryl methyl sites for hydroxylation is 1. The summed E-state index contributed by atoms with van der Waals surface area (Å²) in [6.45, 7) is 3.26. The summed E-state index contributed by atoms with van der Waals surface area (Å²) in [7, 11) is 0. The summed E-state index contributed by atoms with van der Waals surface area (Å²) in [5.74, 6) is 0.0161. The summed E-state index contributed by atoms with van der Waals surface area (Å²) in [6, 6.07) is 8.09. The molecule has 11 nitrogen and oxygen atoms in total. The van der Waals surface area contributed by atoms with Crippen LogP contribution in [0.25, 0.3) is 10.9 Å². The minimum absolute atomic E-state index is 0.125. The first kappa shape index (κ1) is 26.9. The Morgan fingerprint density at radius 2 is 2.00 bits per heavy atom. The molecule has 194 valence electrons. The van der Waals surface area contributed by atoms with Crippen molar-refractivity contribution >= 4 is 60.6 Å². The van der Waals surface area contributed by atoms with E-state index in [1.54, 1.807) is 29.2 Å². The second-order valence-electron chi connectivity index (χ2n) is 8.18. The lowest BCUT2D eigenvalue weighted by Gasteiger charge is -2.26. The highest BCUT2D eigenvalue weighted by Crippen LogP contribution is 2.34. The number of carbonyl (C=O) groups excluding carboxylic acids is 1. The molecule has 0 saturated carbocycles. The van der Waals surface area contributed by atoms with Crippen molar-refractivity contribution in [3.05, 3.63) is 71.1 Å². The van der Waals surface area contributed by atoms with Gasteiger partial charge in [-0.1, -0.05) is 38.8 Å². The second kappa shape index (κ2) is 11.9. The molecule has 1 fully saturated rings. The van der Waals surface area contributed by atoms with Gasteiger partial charge in [-0.3, -0.25) is 19.7 Å². The van der Waals surface area contributed by atoms with E-state index in [4.69, 9.17) is 9.47 Å². The molecule has 0 unspecified atom stereocenters. The predicted molar refractivity (Wildman–Crippen MR) is 144 cm³/mol. The molecule has 0 N–H and O–H groups in total. The van der Waals surface area contributed by atoms with Crippen LogP contribution in [-0.4, -0.2) is 64.5 Å². The van der Waals surface area contributed by atoms with Crippen LogP contribution in [-0.2, 0) is 16.0 Å². The average molecular weight is 637 g/mol. The first-order valence-electron chi connectivity index (χ1n) is 11.5. The Morgan fingerprint density at radius 1 is 1.24 bits per heavy atom. The number of fused-ring (bicyclic) bond motifs is 1. The van der Waals surface area contributed by atoms with E-state index in [0.717, 1.165) is 10.9 Å². The van der Waals surface area contributed by atoms with Gasteiger partial charge in [0.05, 0.1) is 35.3 Å². The summed E-state index contributed by atoms with van der Waals surface area (Å²) >= 11 is 6.66. The van der Waals surface area contributed by atoms with E-state index in [1.807, 2.05) is 6.92 Å². The van der Waals surface area contributed by atoms with Gasteiger partial charge in [0.2, 0.25) is 5.75 Å². The molecule has 13 heteroatoms. The number of rotatable bonds is 8. The number of nitro groups is 1. The highest BCUT2D eigenvalue weighted by atomic mass is 79.9. The zero-order valence-corrected chi connectivity index (χ0v) is 23.0. The molecule has 0 bridgehead atoms. The van der Waals surface area contributed by atoms with Crippen molar-refractivity contribution in [1.29, 1.82) is 0 Å². The summed E-state index contributed by atoms with van der Waals surface area (Å²) < 4.78 is 13.3. The SMILES string of the molecule is CCCc1nc2ccc(Br)cc2c(=O)n1N=Cc1cc(Br)cc([N+](=O)[O-])c1OCC(=O)N1CCOCC1. The number of halogens is 2.